The molecule has 1 aliphatic rings. The van der Waals surface area contributed by atoms with E-state index in [-0.39, 0.29) is 15.7 Å². The highest BCUT2D eigenvalue weighted by Crippen LogP contribution is 2.32. The second-order valence-corrected chi connectivity index (χ2v) is 10.9. The standard InChI is InChI=1S/C20H25NO4S2/c1-16-12-14-19(15-13-16)27(24,25)21-20(17-8-4-2-5-9-17)26(22,23)18-10-6-3-7-11-18/h3,6-7,10-15,17,20-21H,2,4-5,8-9H2,1H3. The van der Waals surface area contributed by atoms with Crippen LogP contribution in [-0.2, 0) is 19.9 Å². The van der Waals surface area contributed by atoms with Gasteiger partial charge in [0.2, 0.25) is 10.0 Å². The van der Waals surface area contributed by atoms with E-state index in [4.69, 9.17) is 0 Å². The van der Waals surface area contributed by atoms with Crippen molar-refractivity contribution in [3.8, 4) is 0 Å². The summed E-state index contributed by atoms with van der Waals surface area (Å²) in [4.78, 5) is 0.226. The second-order valence-electron chi connectivity index (χ2n) is 7.11. The molecular weight excluding hydrogens is 382 g/mol. The minimum Gasteiger partial charge on any atom is -0.222 e. The Morgan fingerprint density at radius 3 is 2.00 bits per heavy atom. The Morgan fingerprint density at radius 2 is 1.41 bits per heavy atom. The molecule has 0 aliphatic heterocycles. The first-order valence-electron chi connectivity index (χ1n) is 9.19. The van der Waals surface area contributed by atoms with Crippen LogP contribution in [0, 0.1) is 12.8 Å². The monoisotopic (exact) mass is 407 g/mol. The molecule has 1 atom stereocenters. The molecule has 146 valence electrons. The third kappa shape index (κ3) is 4.59. The first-order chi connectivity index (χ1) is 12.8. The highest BCUT2D eigenvalue weighted by molar-refractivity contribution is 7.94. The van der Waals surface area contributed by atoms with Gasteiger partial charge in [-0.3, -0.25) is 0 Å². The predicted molar refractivity (Wildman–Crippen MR) is 105 cm³/mol. The van der Waals surface area contributed by atoms with Gasteiger partial charge in [-0.2, -0.15) is 4.72 Å². The van der Waals surface area contributed by atoms with Gasteiger partial charge in [-0.25, -0.2) is 16.8 Å². The largest absolute Gasteiger partial charge is 0.241 e. The van der Waals surface area contributed by atoms with Gasteiger partial charge in [0.15, 0.2) is 9.84 Å². The zero-order valence-electron chi connectivity index (χ0n) is 15.3. The van der Waals surface area contributed by atoms with Gasteiger partial charge in [0, 0.05) is 0 Å². The maximum absolute atomic E-state index is 13.3. The Bertz CT molecular complexity index is 962. The summed E-state index contributed by atoms with van der Waals surface area (Å²) in [5, 5.41) is -1.16. The van der Waals surface area contributed by atoms with Crippen LogP contribution in [0.25, 0.3) is 0 Å². The molecule has 5 nitrogen and oxygen atoms in total. The second kappa shape index (κ2) is 8.12. The zero-order valence-corrected chi connectivity index (χ0v) is 17.0. The van der Waals surface area contributed by atoms with Crippen molar-refractivity contribution >= 4 is 19.9 Å². The number of rotatable bonds is 6. The van der Waals surface area contributed by atoms with E-state index < -0.39 is 25.2 Å². The van der Waals surface area contributed by atoms with Crippen molar-refractivity contribution in [3.63, 3.8) is 0 Å². The van der Waals surface area contributed by atoms with Crippen molar-refractivity contribution < 1.29 is 16.8 Å². The van der Waals surface area contributed by atoms with Gasteiger partial charge in [-0.1, -0.05) is 55.2 Å². The summed E-state index contributed by atoms with van der Waals surface area (Å²) in [6, 6.07) is 14.5. The summed E-state index contributed by atoms with van der Waals surface area (Å²) in [6.45, 7) is 1.87. The van der Waals surface area contributed by atoms with E-state index in [2.05, 4.69) is 4.72 Å². The van der Waals surface area contributed by atoms with Gasteiger partial charge in [-0.05, 0) is 49.9 Å². The molecule has 2 aromatic rings. The van der Waals surface area contributed by atoms with Gasteiger partial charge >= 0.3 is 0 Å². The molecule has 27 heavy (non-hydrogen) atoms. The quantitative estimate of drug-likeness (QED) is 0.792. The SMILES string of the molecule is Cc1ccc(S(=O)(=O)NC(C2CCCCC2)S(=O)(=O)c2ccccc2)cc1. The maximum Gasteiger partial charge on any atom is 0.241 e. The average Bonchev–Trinajstić information content (AvgIpc) is 2.68. The van der Waals surface area contributed by atoms with Crippen LogP contribution in [0.2, 0.25) is 0 Å². The van der Waals surface area contributed by atoms with Crippen molar-refractivity contribution in [3.05, 3.63) is 60.2 Å². The minimum atomic E-state index is -3.95. The molecule has 7 heteroatoms. The lowest BCUT2D eigenvalue weighted by Gasteiger charge is -2.30. The summed E-state index contributed by atoms with van der Waals surface area (Å²) in [7, 11) is -7.79. The van der Waals surface area contributed by atoms with Crippen LogP contribution in [0.15, 0.2) is 64.4 Å². The number of sulfonamides is 1. The van der Waals surface area contributed by atoms with Crippen LogP contribution >= 0.6 is 0 Å². The van der Waals surface area contributed by atoms with Crippen LogP contribution in [0.1, 0.15) is 37.7 Å². The highest BCUT2D eigenvalue weighted by atomic mass is 32.2. The summed E-state index contributed by atoms with van der Waals surface area (Å²) in [6.07, 6.45) is 4.29. The first kappa shape index (κ1) is 20.0. The van der Waals surface area contributed by atoms with Crippen molar-refractivity contribution in [1.82, 2.24) is 4.72 Å². The summed E-state index contributed by atoms with van der Waals surface area (Å²) >= 11 is 0. The molecule has 1 N–H and O–H groups in total. The molecule has 1 aliphatic carbocycles. The van der Waals surface area contributed by atoms with Crippen LogP contribution in [0.3, 0.4) is 0 Å². The first-order valence-corrected chi connectivity index (χ1v) is 12.2. The van der Waals surface area contributed by atoms with Crippen molar-refractivity contribution in [2.75, 3.05) is 0 Å². The molecular formula is C20H25NO4S2. The fourth-order valence-electron chi connectivity index (χ4n) is 3.55. The van der Waals surface area contributed by atoms with Gasteiger partial charge in [-0.15, -0.1) is 0 Å². The zero-order chi connectivity index (χ0) is 19.5. The van der Waals surface area contributed by atoms with Crippen LogP contribution in [0.4, 0.5) is 0 Å². The fraction of sp³-hybridized carbons (Fsp3) is 0.400. The Hall–Kier alpha value is -1.70. The summed E-state index contributed by atoms with van der Waals surface area (Å²) in [5.74, 6) is -0.232. The molecule has 1 fully saturated rings. The number of nitrogens with one attached hydrogen (secondary N) is 1. The molecule has 0 bridgehead atoms. The third-order valence-corrected chi connectivity index (χ3v) is 8.79. The number of sulfone groups is 1. The average molecular weight is 408 g/mol. The topological polar surface area (TPSA) is 80.3 Å². The van der Waals surface area contributed by atoms with E-state index in [9.17, 15) is 16.8 Å². The molecule has 0 saturated heterocycles. The Morgan fingerprint density at radius 1 is 0.815 bits per heavy atom. The number of hydrogen-bond acceptors (Lipinski definition) is 4. The minimum absolute atomic E-state index is 0.0807. The molecule has 0 aromatic heterocycles. The van der Waals surface area contributed by atoms with E-state index in [0.29, 0.717) is 12.8 Å². The molecule has 3 rings (SSSR count). The van der Waals surface area contributed by atoms with E-state index in [1.807, 2.05) is 6.92 Å². The van der Waals surface area contributed by atoms with Crippen molar-refractivity contribution in [2.45, 2.75) is 54.2 Å². The highest BCUT2D eigenvalue weighted by Gasteiger charge is 2.38. The van der Waals surface area contributed by atoms with E-state index in [0.717, 1.165) is 24.8 Å². The molecule has 0 radical (unpaired) electrons. The molecule has 0 amide bonds. The molecule has 2 aromatic carbocycles. The Balaban J connectivity index is 1.98. The summed E-state index contributed by atoms with van der Waals surface area (Å²) in [5.41, 5.74) is 0.940. The third-order valence-electron chi connectivity index (χ3n) is 5.09. The van der Waals surface area contributed by atoms with Gasteiger partial charge in [0.25, 0.3) is 0 Å². The van der Waals surface area contributed by atoms with Crippen LogP contribution in [-0.4, -0.2) is 22.2 Å². The van der Waals surface area contributed by atoms with E-state index in [1.54, 1.807) is 30.3 Å². The van der Waals surface area contributed by atoms with Crippen molar-refractivity contribution in [2.24, 2.45) is 5.92 Å². The summed E-state index contributed by atoms with van der Waals surface area (Å²) < 4.78 is 54.9. The number of aryl methyl sites for hydroxylation is 1. The Kier molecular flexibility index (Phi) is 6.03. The molecule has 1 saturated carbocycles. The number of benzene rings is 2. The smallest absolute Gasteiger partial charge is 0.222 e. The Labute approximate surface area is 161 Å². The molecule has 1 unspecified atom stereocenters. The lowest BCUT2D eigenvalue weighted by Crippen LogP contribution is -2.46. The van der Waals surface area contributed by atoms with Gasteiger partial charge < -0.3 is 0 Å². The predicted octanol–water partition coefficient (Wildman–Crippen LogP) is 3.65. The normalized spacial score (nSPS) is 17.5. The fourth-order valence-corrected chi connectivity index (χ4v) is 7.17. The van der Waals surface area contributed by atoms with Gasteiger partial charge in [0.05, 0.1) is 9.79 Å². The lowest BCUT2D eigenvalue weighted by atomic mass is 9.89. The molecule has 0 heterocycles. The van der Waals surface area contributed by atoms with Crippen LogP contribution in [0.5, 0.6) is 0 Å². The van der Waals surface area contributed by atoms with Crippen molar-refractivity contribution in [1.29, 1.82) is 0 Å². The number of hydrogen-bond donors (Lipinski definition) is 1. The van der Waals surface area contributed by atoms with E-state index in [1.165, 1.54) is 24.3 Å². The molecule has 0 spiro atoms. The van der Waals surface area contributed by atoms with Crippen LogP contribution < -0.4 is 4.72 Å². The van der Waals surface area contributed by atoms with Gasteiger partial charge in [0.1, 0.15) is 5.37 Å². The lowest BCUT2D eigenvalue weighted by molar-refractivity contribution is 0.331. The maximum atomic E-state index is 13.3. The van der Waals surface area contributed by atoms with E-state index >= 15 is 0 Å².